The zero-order valence-corrected chi connectivity index (χ0v) is 20.4. The number of benzene rings is 2. The standard InChI is InChI=1S/C24H32N2O6S/c1-19-8-10-22(11-9-19)33(28,29)31-17-16-30-21-7-5-6-20(18-21)25-12-14-26(15-13-25)23(27)32-24(2,3)4/h5-11,18H,12-17H2,1-4H3. The Morgan fingerprint density at radius 2 is 1.64 bits per heavy atom. The van der Waals surface area contributed by atoms with E-state index < -0.39 is 15.7 Å². The molecule has 0 unspecified atom stereocenters. The minimum absolute atomic E-state index is 0.0883. The van der Waals surface area contributed by atoms with Crippen LogP contribution in [0.15, 0.2) is 53.4 Å². The highest BCUT2D eigenvalue weighted by Crippen LogP contribution is 2.23. The van der Waals surface area contributed by atoms with Gasteiger partial charge in [0.2, 0.25) is 0 Å². The Bertz CT molecular complexity index is 1040. The van der Waals surface area contributed by atoms with Crippen LogP contribution < -0.4 is 9.64 Å². The fourth-order valence-corrected chi connectivity index (χ4v) is 4.21. The van der Waals surface area contributed by atoms with Crippen LogP contribution in [0, 0.1) is 6.92 Å². The molecule has 0 aliphatic carbocycles. The second kappa shape index (κ2) is 10.4. The van der Waals surface area contributed by atoms with Crippen LogP contribution in [0.2, 0.25) is 0 Å². The molecular formula is C24H32N2O6S. The highest BCUT2D eigenvalue weighted by molar-refractivity contribution is 7.86. The maximum atomic E-state index is 12.2. The number of anilines is 1. The fraction of sp³-hybridized carbons (Fsp3) is 0.458. The smallest absolute Gasteiger partial charge is 0.410 e. The molecule has 2 aromatic rings. The van der Waals surface area contributed by atoms with Crippen molar-refractivity contribution < 1.29 is 26.9 Å². The van der Waals surface area contributed by atoms with E-state index in [0.29, 0.717) is 31.9 Å². The molecule has 1 heterocycles. The summed E-state index contributed by atoms with van der Waals surface area (Å²) in [5.74, 6) is 0.624. The maximum Gasteiger partial charge on any atom is 0.410 e. The van der Waals surface area contributed by atoms with Crippen molar-refractivity contribution in [2.45, 2.75) is 38.2 Å². The van der Waals surface area contributed by atoms with E-state index in [0.717, 1.165) is 11.3 Å². The topological polar surface area (TPSA) is 85.4 Å². The number of aryl methyl sites for hydroxylation is 1. The van der Waals surface area contributed by atoms with Crippen molar-refractivity contribution in [3.05, 3.63) is 54.1 Å². The van der Waals surface area contributed by atoms with Gasteiger partial charge in [0.25, 0.3) is 10.1 Å². The van der Waals surface area contributed by atoms with E-state index >= 15 is 0 Å². The summed E-state index contributed by atoms with van der Waals surface area (Å²) in [6.45, 7) is 9.98. The molecule has 0 atom stereocenters. The molecule has 8 nitrogen and oxygen atoms in total. The second-order valence-electron chi connectivity index (χ2n) is 8.89. The van der Waals surface area contributed by atoms with E-state index in [1.165, 1.54) is 12.1 Å². The van der Waals surface area contributed by atoms with Gasteiger partial charge in [-0.3, -0.25) is 4.18 Å². The summed E-state index contributed by atoms with van der Waals surface area (Å²) in [5.41, 5.74) is 1.44. The molecule has 0 radical (unpaired) electrons. The van der Waals surface area contributed by atoms with Crippen LogP contribution in [0.3, 0.4) is 0 Å². The summed E-state index contributed by atoms with van der Waals surface area (Å²) in [5, 5.41) is 0. The van der Waals surface area contributed by atoms with Crippen LogP contribution in [0.5, 0.6) is 5.75 Å². The molecule has 1 fully saturated rings. The van der Waals surface area contributed by atoms with Crippen molar-refractivity contribution in [2.24, 2.45) is 0 Å². The lowest BCUT2D eigenvalue weighted by atomic mass is 10.2. The van der Waals surface area contributed by atoms with Gasteiger partial charge >= 0.3 is 6.09 Å². The number of rotatable bonds is 7. The van der Waals surface area contributed by atoms with Gasteiger partial charge in [-0.1, -0.05) is 23.8 Å². The Morgan fingerprint density at radius 1 is 0.970 bits per heavy atom. The van der Waals surface area contributed by atoms with Gasteiger partial charge in [0.05, 0.1) is 4.90 Å². The van der Waals surface area contributed by atoms with Gasteiger partial charge in [0, 0.05) is 37.9 Å². The third kappa shape index (κ3) is 7.36. The lowest BCUT2D eigenvalue weighted by Gasteiger charge is -2.36. The molecule has 0 spiro atoms. The van der Waals surface area contributed by atoms with E-state index in [4.69, 9.17) is 13.7 Å². The van der Waals surface area contributed by atoms with Crippen molar-refractivity contribution in [1.82, 2.24) is 4.90 Å². The molecule has 0 N–H and O–H groups in total. The van der Waals surface area contributed by atoms with Gasteiger partial charge in [-0.25, -0.2) is 4.79 Å². The molecule has 1 aliphatic rings. The monoisotopic (exact) mass is 476 g/mol. The van der Waals surface area contributed by atoms with Crippen molar-refractivity contribution in [2.75, 3.05) is 44.3 Å². The number of hydrogen-bond acceptors (Lipinski definition) is 7. The highest BCUT2D eigenvalue weighted by Gasteiger charge is 2.26. The summed E-state index contributed by atoms with van der Waals surface area (Å²) in [6.07, 6.45) is -0.292. The quantitative estimate of drug-likeness (QED) is 0.443. The molecule has 1 saturated heterocycles. The average molecular weight is 477 g/mol. The first-order chi connectivity index (χ1) is 15.5. The lowest BCUT2D eigenvalue weighted by molar-refractivity contribution is 0.0240. The van der Waals surface area contributed by atoms with Crippen molar-refractivity contribution in [1.29, 1.82) is 0 Å². The molecule has 180 valence electrons. The van der Waals surface area contributed by atoms with Crippen molar-refractivity contribution in [3.8, 4) is 5.75 Å². The van der Waals surface area contributed by atoms with Crippen LogP contribution >= 0.6 is 0 Å². The number of carbonyl (C=O) groups is 1. The fourth-order valence-electron chi connectivity index (χ4n) is 3.32. The zero-order chi connectivity index (χ0) is 24.1. The third-order valence-corrected chi connectivity index (χ3v) is 6.34. The molecule has 3 rings (SSSR count). The van der Waals surface area contributed by atoms with Crippen LogP contribution in [0.25, 0.3) is 0 Å². The molecule has 9 heteroatoms. The molecule has 0 aromatic heterocycles. The first-order valence-corrected chi connectivity index (χ1v) is 12.4. The summed E-state index contributed by atoms with van der Waals surface area (Å²) in [6, 6.07) is 14.1. The minimum atomic E-state index is -3.81. The number of nitrogens with zero attached hydrogens (tertiary/aromatic N) is 2. The molecule has 0 saturated carbocycles. The molecule has 33 heavy (non-hydrogen) atoms. The first-order valence-electron chi connectivity index (χ1n) is 11.0. The molecule has 0 bridgehead atoms. The SMILES string of the molecule is Cc1ccc(S(=O)(=O)OCCOc2cccc(N3CCN(C(=O)OC(C)(C)C)CC3)c2)cc1. The Kier molecular flexibility index (Phi) is 7.86. The normalized spacial score (nSPS) is 14.8. The number of carbonyl (C=O) groups excluding carboxylic acids is 1. The number of piperazine rings is 1. The average Bonchev–Trinajstić information content (AvgIpc) is 2.76. The zero-order valence-electron chi connectivity index (χ0n) is 19.6. The number of ether oxygens (including phenoxy) is 2. The number of hydrogen-bond donors (Lipinski definition) is 0. The Hall–Kier alpha value is -2.78. The van der Waals surface area contributed by atoms with Crippen LogP contribution in [-0.4, -0.2) is 64.4 Å². The maximum absolute atomic E-state index is 12.2. The van der Waals surface area contributed by atoms with E-state index in [-0.39, 0.29) is 24.2 Å². The highest BCUT2D eigenvalue weighted by atomic mass is 32.2. The van der Waals surface area contributed by atoms with Gasteiger partial charge in [-0.05, 0) is 52.0 Å². The van der Waals surface area contributed by atoms with Crippen molar-refractivity contribution >= 4 is 21.9 Å². The summed E-state index contributed by atoms with van der Waals surface area (Å²) in [4.78, 5) is 16.3. The summed E-state index contributed by atoms with van der Waals surface area (Å²) < 4.78 is 40.7. The van der Waals surface area contributed by atoms with E-state index in [2.05, 4.69) is 4.90 Å². The van der Waals surface area contributed by atoms with E-state index in [1.807, 2.05) is 52.0 Å². The molecule has 1 aliphatic heterocycles. The summed E-state index contributed by atoms with van der Waals surface area (Å²) >= 11 is 0. The van der Waals surface area contributed by atoms with Crippen molar-refractivity contribution in [3.63, 3.8) is 0 Å². The third-order valence-electron chi connectivity index (χ3n) is 5.01. The molecule has 1 amide bonds. The molecule has 2 aromatic carbocycles. The van der Waals surface area contributed by atoms with Gasteiger partial charge in [0.1, 0.15) is 24.6 Å². The van der Waals surface area contributed by atoms with Gasteiger partial charge < -0.3 is 19.3 Å². The minimum Gasteiger partial charge on any atom is -0.491 e. The van der Waals surface area contributed by atoms with Gasteiger partial charge in [-0.15, -0.1) is 0 Å². The lowest BCUT2D eigenvalue weighted by Crippen LogP contribution is -2.50. The number of amides is 1. The predicted octanol–water partition coefficient (Wildman–Crippen LogP) is 3.84. The summed E-state index contributed by atoms with van der Waals surface area (Å²) in [7, 11) is -3.81. The Labute approximate surface area is 196 Å². The molecular weight excluding hydrogens is 444 g/mol. The van der Waals surface area contributed by atoms with Crippen LogP contribution in [0.4, 0.5) is 10.5 Å². The predicted molar refractivity (Wildman–Crippen MR) is 126 cm³/mol. The Balaban J connectivity index is 1.47. The van der Waals surface area contributed by atoms with E-state index in [1.54, 1.807) is 17.0 Å². The largest absolute Gasteiger partial charge is 0.491 e. The van der Waals surface area contributed by atoms with Gasteiger partial charge in [0.15, 0.2) is 0 Å². The van der Waals surface area contributed by atoms with E-state index in [9.17, 15) is 13.2 Å². The second-order valence-corrected chi connectivity index (χ2v) is 10.5. The van der Waals surface area contributed by atoms with Crippen LogP contribution in [0.1, 0.15) is 26.3 Å². The van der Waals surface area contributed by atoms with Crippen LogP contribution in [-0.2, 0) is 19.0 Å². The Morgan fingerprint density at radius 3 is 2.27 bits per heavy atom. The first kappa shape index (κ1) is 24.9. The van der Waals surface area contributed by atoms with Gasteiger partial charge in [-0.2, -0.15) is 8.42 Å².